The number of carboxylic acids is 1. The number of carbonyl (C=O) groups is 2. The van der Waals surface area contributed by atoms with Gasteiger partial charge in [0.05, 0.1) is 5.92 Å². The van der Waals surface area contributed by atoms with Crippen molar-refractivity contribution < 1.29 is 14.7 Å². The van der Waals surface area contributed by atoms with Gasteiger partial charge in [-0.1, -0.05) is 32.6 Å². The molecule has 16 heavy (non-hydrogen) atoms. The van der Waals surface area contributed by atoms with Crippen LogP contribution in [0.25, 0.3) is 0 Å². The second-order valence-electron chi connectivity index (χ2n) is 4.24. The molecule has 0 heterocycles. The van der Waals surface area contributed by atoms with Crippen LogP contribution in [0, 0.1) is 5.92 Å². The molecule has 1 aliphatic carbocycles. The number of carbonyl (C=O) groups excluding carboxylic acids is 1. The molecule has 3 N–H and O–H groups in total. The number of nitrogens with two attached hydrogens (primary N) is 1. The molecular weight excluding hydrogens is 206 g/mol. The van der Waals surface area contributed by atoms with Crippen molar-refractivity contribution in [3.8, 4) is 0 Å². The van der Waals surface area contributed by atoms with E-state index >= 15 is 0 Å². The largest absolute Gasteiger partial charge is 0.481 e. The van der Waals surface area contributed by atoms with Crippen LogP contribution >= 0.6 is 0 Å². The molecule has 4 nitrogen and oxygen atoms in total. The van der Waals surface area contributed by atoms with Gasteiger partial charge in [-0.2, -0.15) is 0 Å². The van der Waals surface area contributed by atoms with E-state index < -0.39 is 5.97 Å². The molecular formula is C12H23NO3. The molecule has 0 aromatic carbocycles. The molecule has 1 saturated carbocycles. The number of carboxylic acid groups (broad SMARTS) is 1. The van der Waals surface area contributed by atoms with Crippen molar-refractivity contribution in [2.75, 3.05) is 0 Å². The second-order valence-corrected chi connectivity index (χ2v) is 4.24. The molecule has 0 aliphatic heterocycles. The van der Waals surface area contributed by atoms with Gasteiger partial charge in [-0.05, 0) is 19.3 Å². The Kier molecular flexibility index (Phi) is 8.58. The molecule has 1 aliphatic rings. The number of primary amides is 1. The lowest BCUT2D eigenvalue weighted by atomic mass is 10.1. The monoisotopic (exact) mass is 229 g/mol. The van der Waals surface area contributed by atoms with E-state index in [1.165, 1.54) is 19.3 Å². The molecule has 1 rings (SSSR count). The van der Waals surface area contributed by atoms with Crippen LogP contribution < -0.4 is 5.73 Å². The smallest absolute Gasteiger partial charge is 0.306 e. The van der Waals surface area contributed by atoms with Crippen molar-refractivity contribution in [2.24, 2.45) is 11.7 Å². The highest BCUT2D eigenvalue weighted by molar-refractivity contribution is 5.73. The molecule has 0 aromatic rings. The summed E-state index contributed by atoms with van der Waals surface area (Å²) < 4.78 is 0. The van der Waals surface area contributed by atoms with Gasteiger partial charge in [0, 0.05) is 6.42 Å². The van der Waals surface area contributed by atoms with Gasteiger partial charge >= 0.3 is 5.97 Å². The van der Waals surface area contributed by atoms with Crippen molar-refractivity contribution in [1.29, 1.82) is 0 Å². The van der Waals surface area contributed by atoms with Crippen LogP contribution in [0.3, 0.4) is 0 Å². The Bertz CT molecular complexity index is 212. The third-order valence-electron chi connectivity index (χ3n) is 2.45. The first-order valence-corrected chi connectivity index (χ1v) is 6.09. The number of hydrogen-bond acceptors (Lipinski definition) is 2. The van der Waals surface area contributed by atoms with Gasteiger partial charge in [0.1, 0.15) is 0 Å². The molecule has 0 spiro atoms. The predicted molar refractivity (Wildman–Crippen MR) is 62.9 cm³/mol. The maximum Gasteiger partial charge on any atom is 0.306 e. The van der Waals surface area contributed by atoms with Gasteiger partial charge in [0.2, 0.25) is 5.91 Å². The van der Waals surface area contributed by atoms with Crippen LogP contribution in [0.5, 0.6) is 0 Å². The average Bonchev–Trinajstić information content (AvgIpc) is 3.01. The Morgan fingerprint density at radius 2 is 1.75 bits per heavy atom. The summed E-state index contributed by atoms with van der Waals surface area (Å²) in [7, 11) is 0. The zero-order chi connectivity index (χ0) is 12.4. The second kappa shape index (κ2) is 9.19. The Morgan fingerprint density at radius 1 is 1.19 bits per heavy atom. The lowest BCUT2D eigenvalue weighted by molar-refractivity contribution is -0.138. The highest BCUT2D eigenvalue weighted by atomic mass is 16.4. The van der Waals surface area contributed by atoms with Crippen molar-refractivity contribution in [1.82, 2.24) is 0 Å². The van der Waals surface area contributed by atoms with Crippen LogP contribution in [-0.2, 0) is 9.59 Å². The van der Waals surface area contributed by atoms with Crippen LogP contribution in [-0.4, -0.2) is 17.0 Å². The normalized spacial score (nSPS) is 13.8. The van der Waals surface area contributed by atoms with Crippen LogP contribution in [0.1, 0.15) is 58.3 Å². The summed E-state index contributed by atoms with van der Waals surface area (Å²) in [5.74, 6) is -0.781. The molecule has 94 valence electrons. The van der Waals surface area contributed by atoms with E-state index in [-0.39, 0.29) is 11.8 Å². The van der Waals surface area contributed by atoms with Crippen molar-refractivity contribution in [3.63, 3.8) is 0 Å². The maximum absolute atomic E-state index is 10.3. The van der Waals surface area contributed by atoms with Gasteiger partial charge < -0.3 is 10.8 Å². The quantitative estimate of drug-likeness (QED) is 0.657. The fourth-order valence-electron chi connectivity index (χ4n) is 1.23. The summed E-state index contributed by atoms with van der Waals surface area (Å²) in [5, 5.41) is 8.05. The van der Waals surface area contributed by atoms with Crippen LogP contribution in [0.2, 0.25) is 0 Å². The van der Waals surface area contributed by atoms with E-state index in [0.29, 0.717) is 6.42 Å². The Morgan fingerprint density at radius 3 is 2.06 bits per heavy atom. The number of amides is 1. The number of unbranched alkanes of at least 4 members (excludes halogenated alkanes) is 4. The summed E-state index contributed by atoms with van der Waals surface area (Å²) in [4.78, 5) is 20.0. The summed E-state index contributed by atoms with van der Waals surface area (Å²) >= 11 is 0. The minimum atomic E-state index is -0.630. The average molecular weight is 229 g/mol. The lowest BCUT2D eigenvalue weighted by Gasteiger charge is -1.95. The first kappa shape index (κ1) is 14.9. The van der Waals surface area contributed by atoms with Gasteiger partial charge in [-0.25, -0.2) is 0 Å². The van der Waals surface area contributed by atoms with E-state index in [1.807, 2.05) is 0 Å². The third kappa shape index (κ3) is 11.0. The van der Waals surface area contributed by atoms with E-state index in [2.05, 4.69) is 6.92 Å². The van der Waals surface area contributed by atoms with Crippen molar-refractivity contribution in [3.05, 3.63) is 0 Å². The molecule has 0 unspecified atom stereocenters. The zero-order valence-corrected chi connectivity index (χ0v) is 10.1. The lowest BCUT2D eigenvalue weighted by Crippen LogP contribution is -2.09. The van der Waals surface area contributed by atoms with Crippen molar-refractivity contribution >= 4 is 11.9 Å². The van der Waals surface area contributed by atoms with Gasteiger partial charge in [0.15, 0.2) is 0 Å². The van der Waals surface area contributed by atoms with Gasteiger partial charge in [-0.3, -0.25) is 9.59 Å². The number of rotatable bonds is 7. The Hall–Kier alpha value is -1.06. The Labute approximate surface area is 97.2 Å². The predicted octanol–water partition coefficient (Wildman–Crippen LogP) is 2.31. The number of hydrogen-bond donors (Lipinski definition) is 2. The minimum Gasteiger partial charge on any atom is -0.481 e. The fourth-order valence-corrected chi connectivity index (χ4v) is 1.23. The van der Waals surface area contributed by atoms with E-state index in [4.69, 9.17) is 10.8 Å². The first-order chi connectivity index (χ1) is 7.57. The molecule has 0 atom stereocenters. The van der Waals surface area contributed by atoms with Crippen molar-refractivity contribution in [2.45, 2.75) is 58.3 Å². The minimum absolute atomic E-state index is 0.0185. The van der Waals surface area contributed by atoms with E-state index in [1.54, 1.807) is 0 Å². The molecule has 0 aromatic heterocycles. The van der Waals surface area contributed by atoms with E-state index in [9.17, 15) is 9.59 Å². The fraction of sp³-hybridized carbons (Fsp3) is 0.833. The molecule has 1 fully saturated rings. The number of aliphatic carboxylic acids is 1. The molecule has 0 saturated heterocycles. The standard InChI is InChI=1S/C8H17NO.C4H6O2/c1-2-3-4-5-6-7-8(9)10;5-4(6)3-1-2-3/h2-7H2,1H3,(H2,9,10);3H,1-2H2,(H,5,6). The van der Waals surface area contributed by atoms with Crippen LogP contribution in [0.4, 0.5) is 0 Å². The first-order valence-electron chi connectivity index (χ1n) is 6.09. The van der Waals surface area contributed by atoms with Crippen LogP contribution in [0.15, 0.2) is 0 Å². The van der Waals surface area contributed by atoms with Gasteiger partial charge in [0.25, 0.3) is 0 Å². The molecule has 1 amide bonds. The molecule has 4 heteroatoms. The molecule has 0 radical (unpaired) electrons. The summed E-state index contributed by atoms with van der Waals surface area (Å²) in [6.07, 6.45) is 8.24. The highest BCUT2D eigenvalue weighted by Crippen LogP contribution is 2.28. The SMILES string of the molecule is CCCCCCCC(N)=O.O=C(O)C1CC1. The maximum atomic E-state index is 10.3. The highest BCUT2D eigenvalue weighted by Gasteiger charge is 2.28. The summed E-state index contributed by atoms with van der Waals surface area (Å²) in [6.45, 7) is 2.17. The summed E-state index contributed by atoms with van der Waals surface area (Å²) in [6, 6.07) is 0. The summed E-state index contributed by atoms with van der Waals surface area (Å²) in [5.41, 5.74) is 4.97. The topological polar surface area (TPSA) is 80.4 Å². The Balaban J connectivity index is 0.000000315. The van der Waals surface area contributed by atoms with E-state index in [0.717, 1.165) is 25.7 Å². The third-order valence-corrected chi connectivity index (χ3v) is 2.45. The molecule has 0 bridgehead atoms. The zero-order valence-electron chi connectivity index (χ0n) is 10.1. The van der Waals surface area contributed by atoms with Gasteiger partial charge in [-0.15, -0.1) is 0 Å².